The molecule has 0 saturated heterocycles. The van der Waals surface area contributed by atoms with Crippen LogP contribution in [-0.4, -0.2) is 27.8 Å². The molecule has 0 aliphatic heterocycles. The average molecular weight is 436 g/mol. The van der Waals surface area contributed by atoms with Gasteiger partial charge in [-0.25, -0.2) is 0 Å². The maximum absolute atomic E-state index is 6.07. The van der Waals surface area contributed by atoms with Gasteiger partial charge < -0.3 is 23.8 Å². The Morgan fingerprint density at radius 3 is 1.47 bits per heavy atom. The van der Waals surface area contributed by atoms with Crippen LogP contribution >= 0.6 is 0 Å². The van der Waals surface area contributed by atoms with Crippen LogP contribution in [0.1, 0.15) is 27.8 Å². The summed E-state index contributed by atoms with van der Waals surface area (Å²) >= 11 is 0. The molecule has 0 heterocycles. The lowest BCUT2D eigenvalue weighted by molar-refractivity contribution is 0.0506. The lowest BCUT2D eigenvalue weighted by Crippen LogP contribution is -2.17. The summed E-state index contributed by atoms with van der Waals surface area (Å²) in [6, 6.07) is 16.7. The van der Waals surface area contributed by atoms with Gasteiger partial charge in [0.1, 0.15) is 11.5 Å². The molecule has 0 N–H and O–H groups in total. The van der Waals surface area contributed by atoms with E-state index in [-0.39, 0.29) is 13.6 Å². The number of nitrogens with zero attached hydrogens (tertiary/aromatic N) is 1. The Morgan fingerprint density at radius 1 is 0.625 bits per heavy atom. The summed E-state index contributed by atoms with van der Waals surface area (Å²) in [6.07, 6.45) is 0. The van der Waals surface area contributed by atoms with E-state index in [1.54, 1.807) is 14.2 Å². The number of rotatable bonds is 9. The summed E-state index contributed by atoms with van der Waals surface area (Å²) in [6.45, 7) is 10.8. The molecule has 0 fully saturated rings. The van der Waals surface area contributed by atoms with E-state index in [2.05, 4.69) is 49.9 Å². The second-order valence-corrected chi connectivity index (χ2v) is 8.03. The van der Waals surface area contributed by atoms with Crippen molar-refractivity contribution in [3.05, 3.63) is 76.3 Å². The van der Waals surface area contributed by atoms with E-state index in [1.807, 2.05) is 38.1 Å². The van der Waals surface area contributed by atoms with Crippen LogP contribution < -0.4 is 14.4 Å². The van der Waals surface area contributed by atoms with Crippen molar-refractivity contribution in [2.45, 2.75) is 34.6 Å². The fourth-order valence-corrected chi connectivity index (χ4v) is 4.13. The predicted octanol–water partition coefficient (Wildman–Crippen LogP) is 6.66. The third kappa shape index (κ3) is 4.90. The van der Waals surface area contributed by atoms with Gasteiger partial charge in [0.25, 0.3) is 0 Å². The van der Waals surface area contributed by atoms with E-state index in [0.29, 0.717) is 0 Å². The van der Waals surface area contributed by atoms with Gasteiger partial charge in [0.2, 0.25) is 0 Å². The predicted molar refractivity (Wildman–Crippen MR) is 130 cm³/mol. The van der Waals surface area contributed by atoms with Crippen LogP contribution in [-0.2, 0) is 9.47 Å². The highest BCUT2D eigenvalue weighted by atomic mass is 16.7. The molecule has 5 heteroatoms. The van der Waals surface area contributed by atoms with Gasteiger partial charge >= 0.3 is 0 Å². The van der Waals surface area contributed by atoms with Crippen LogP contribution in [0.3, 0.4) is 0 Å². The van der Waals surface area contributed by atoms with Crippen LogP contribution in [0.25, 0.3) is 0 Å². The summed E-state index contributed by atoms with van der Waals surface area (Å²) in [7, 11) is 3.25. The number of ether oxygens (including phenoxy) is 4. The first-order chi connectivity index (χ1) is 15.4. The van der Waals surface area contributed by atoms with Crippen LogP contribution in [0.2, 0.25) is 0 Å². The number of hydrogen-bond acceptors (Lipinski definition) is 5. The van der Waals surface area contributed by atoms with Crippen molar-refractivity contribution in [3.8, 4) is 11.5 Å². The van der Waals surface area contributed by atoms with E-state index in [4.69, 9.17) is 18.9 Å². The van der Waals surface area contributed by atoms with E-state index in [9.17, 15) is 0 Å². The minimum Gasteiger partial charge on any atom is -0.465 e. The highest BCUT2D eigenvalue weighted by Crippen LogP contribution is 2.48. The normalized spacial score (nSPS) is 10.8. The van der Waals surface area contributed by atoms with Crippen molar-refractivity contribution in [2.75, 3.05) is 32.7 Å². The smallest absolute Gasteiger partial charge is 0.188 e. The fraction of sp³-hybridized carbons (Fsp3) is 0.333. The Bertz CT molecular complexity index is 997. The molecule has 3 aromatic rings. The second kappa shape index (κ2) is 10.5. The van der Waals surface area contributed by atoms with Crippen LogP contribution in [0.15, 0.2) is 48.5 Å². The first-order valence-corrected chi connectivity index (χ1v) is 10.7. The highest BCUT2D eigenvalue weighted by Gasteiger charge is 2.25. The minimum atomic E-state index is 0.165. The first kappa shape index (κ1) is 23.6. The maximum atomic E-state index is 6.07. The first-order valence-electron chi connectivity index (χ1n) is 10.7. The summed E-state index contributed by atoms with van der Waals surface area (Å²) in [5, 5.41) is 0. The molecule has 170 valence electrons. The zero-order chi connectivity index (χ0) is 23.3. The van der Waals surface area contributed by atoms with Gasteiger partial charge in [0.15, 0.2) is 13.6 Å². The summed E-state index contributed by atoms with van der Waals surface area (Å²) < 4.78 is 22.6. The zero-order valence-corrected chi connectivity index (χ0v) is 20.1. The van der Waals surface area contributed by atoms with Gasteiger partial charge in [-0.2, -0.15) is 0 Å². The van der Waals surface area contributed by atoms with Crippen molar-refractivity contribution in [1.82, 2.24) is 0 Å². The standard InChI is InChI=1S/C27H33NO4/c1-18-14-21(4)25(22(5)15-18)28(23-12-8-10-19(2)26(23)31-16-29-6)24-13-9-11-20(3)27(24)32-17-30-7/h8-15H,16-17H2,1-7H3. The SMILES string of the molecule is COCOc1c(C)cccc1N(c1cccc(C)c1OCOC)c1c(C)cc(C)cc1C. The van der Waals surface area contributed by atoms with Crippen molar-refractivity contribution < 1.29 is 18.9 Å². The third-order valence-electron chi connectivity index (χ3n) is 5.37. The Balaban J connectivity index is 2.35. The molecule has 0 aliphatic carbocycles. The molecule has 3 rings (SSSR count). The minimum absolute atomic E-state index is 0.165. The molecule has 0 radical (unpaired) electrons. The molecule has 0 saturated carbocycles. The third-order valence-corrected chi connectivity index (χ3v) is 5.37. The Kier molecular flexibility index (Phi) is 7.78. The van der Waals surface area contributed by atoms with Gasteiger partial charge in [-0.05, 0) is 69.0 Å². The largest absolute Gasteiger partial charge is 0.465 e. The average Bonchev–Trinajstić information content (AvgIpc) is 2.74. The molecule has 5 nitrogen and oxygen atoms in total. The summed E-state index contributed by atoms with van der Waals surface area (Å²) in [5.41, 5.74) is 8.55. The van der Waals surface area contributed by atoms with Gasteiger partial charge in [-0.15, -0.1) is 0 Å². The number of methoxy groups -OCH3 is 2. The van der Waals surface area contributed by atoms with E-state index in [1.165, 1.54) is 16.7 Å². The molecule has 0 atom stereocenters. The lowest BCUT2D eigenvalue weighted by atomic mass is 10.0. The summed E-state index contributed by atoms with van der Waals surface area (Å²) in [4.78, 5) is 2.22. The van der Waals surface area contributed by atoms with Crippen LogP contribution in [0.5, 0.6) is 11.5 Å². The molecule has 32 heavy (non-hydrogen) atoms. The molecule has 0 aromatic heterocycles. The topological polar surface area (TPSA) is 40.2 Å². The molecular formula is C27H33NO4. The van der Waals surface area contributed by atoms with Gasteiger partial charge in [0.05, 0.1) is 17.1 Å². The molecular weight excluding hydrogens is 402 g/mol. The van der Waals surface area contributed by atoms with Gasteiger partial charge in [-0.3, -0.25) is 0 Å². The Labute approximate surface area is 191 Å². The van der Waals surface area contributed by atoms with Gasteiger partial charge in [0, 0.05) is 14.2 Å². The molecule has 0 spiro atoms. The molecule has 3 aromatic carbocycles. The lowest BCUT2D eigenvalue weighted by Gasteiger charge is -2.32. The van der Waals surface area contributed by atoms with Crippen molar-refractivity contribution in [1.29, 1.82) is 0 Å². The monoisotopic (exact) mass is 435 g/mol. The number of para-hydroxylation sites is 2. The fourth-order valence-electron chi connectivity index (χ4n) is 4.13. The molecule has 0 bridgehead atoms. The zero-order valence-electron chi connectivity index (χ0n) is 20.1. The number of aryl methyl sites for hydroxylation is 5. The number of hydrogen-bond donors (Lipinski definition) is 0. The Morgan fingerprint density at radius 2 is 1.06 bits per heavy atom. The molecule has 0 unspecified atom stereocenters. The van der Waals surface area contributed by atoms with Crippen molar-refractivity contribution >= 4 is 17.1 Å². The Hall–Kier alpha value is -3.02. The quantitative estimate of drug-likeness (QED) is 0.351. The van der Waals surface area contributed by atoms with E-state index < -0.39 is 0 Å². The van der Waals surface area contributed by atoms with Gasteiger partial charge in [-0.1, -0.05) is 42.0 Å². The van der Waals surface area contributed by atoms with Crippen LogP contribution in [0, 0.1) is 34.6 Å². The van der Waals surface area contributed by atoms with Crippen LogP contribution in [0.4, 0.5) is 17.1 Å². The second-order valence-electron chi connectivity index (χ2n) is 8.03. The summed E-state index contributed by atoms with van der Waals surface area (Å²) in [5.74, 6) is 1.54. The highest BCUT2D eigenvalue weighted by molar-refractivity contribution is 5.87. The maximum Gasteiger partial charge on any atom is 0.188 e. The molecule has 0 aliphatic rings. The molecule has 0 amide bonds. The van der Waals surface area contributed by atoms with E-state index in [0.717, 1.165) is 39.7 Å². The number of anilines is 3. The van der Waals surface area contributed by atoms with E-state index >= 15 is 0 Å². The van der Waals surface area contributed by atoms with Crippen molar-refractivity contribution in [2.24, 2.45) is 0 Å². The van der Waals surface area contributed by atoms with Crippen molar-refractivity contribution in [3.63, 3.8) is 0 Å². The number of benzene rings is 3.